The Labute approximate surface area is 119 Å². The monoisotopic (exact) mass is 294 g/mol. The molecule has 1 aromatic carbocycles. The number of allylic oxidation sites excluding steroid dienone is 2. The molecule has 0 radical (unpaired) electrons. The predicted molar refractivity (Wildman–Crippen MR) is 70.8 cm³/mol. The van der Waals surface area contributed by atoms with Gasteiger partial charge in [0, 0.05) is 11.5 Å². The van der Waals surface area contributed by atoms with E-state index in [1.807, 2.05) is 0 Å². The topological polar surface area (TPSA) is 26.3 Å². The number of benzene rings is 1. The highest BCUT2D eigenvalue weighted by atomic mass is 19.4. The molecule has 0 amide bonds. The van der Waals surface area contributed by atoms with Crippen LogP contribution in [-0.4, -0.2) is 12.1 Å². The number of carbonyl (C=O) groups excluding carboxylic acids is 1. The van der Waals surface area contributed by atoms with E-state index in [0.29, 0.717) is 5.56 Å². The minimum atomic E-state index is -4.40. The summed E-state index contributed by atoms with van der Waals surface area (Å²) < 4.78 is 44.8. The third-order valence-electron chi connectivity index (χ3n) is 4.04. The molecule has 1 aliphatic heterocycles. The van der Waals surface area contributed by atoms with Crippen molar-refractivity contribution in [1.82, 2.24) is 0 Å². The van der Waals surface area contributed by atoms with Gasteiger partial charge in [-0.2, -0.15) is 13.2 Å². The van der Waals surface area contributed by atoms with Gasteiger partial charge in [0.1, 0.15) is 5.76 Å². The number of esters is 1. The normalized spacial score (nSPS) is 28.9. The van der Waals surface area contributed by atoms with Crippen LogP contribution in [0.5, 0.6) is 0 Å². The number of rotatable bonds is 1. The lowest BCUT2D eigenvalue weighted by atomic mass is 9.85. The Balaban J connectivity index is 2.02. The molecule has 21 heavy (non-hydrogen) atoms. The first-order valence-electron chi connectivity index (χ1n) is 6.61. The Morgan fingerprint density at radius 3 is 2.48 bits per heavy atom. The first kappa shape index (κ1) is 13.9. The zero-order chi connectivity index (χ0) is 15.2. The minimum Gasteiger partial charge on any atom is -0.426 e. The molecule has 1 saturated carbocycles. The van der Waals surface area contributed by atoms with Crippen LogP contribution in [0.1, 0.15) is 12.0 Å². The molecule has 110 valence electrons. The Bertz CT molecular complexity index is 616. The summed E-state index contributed by atoms with van der Waals surface area (Å²) in [6.07, 6.45) is -2.93. The molecule has 5 heteroatoms. The van der Waals surface area contributed by atoms with E-state index >= 15 is 0 Å². The minimum absolute atomic E-state index is 0.0340. The zero-order valence-corrected chi connectivity index (χ0v) is 11.1. The summed E-state index contributed by atoms with van der Waals surface area (Å²) in [5.74, 6) is -3.78. The first-order chi connectivity index (χ1) is 9.88. The molecule has 1 aromatic rings. The Morgan fingerprint density at radius 2 is 1.86 bits per heavy atom. The molecule has 1 fully saturated rings. The number of cyclic esters (lactones) is 1. The Hall–Kier alpha value is -2.04. The number of hydrogen-bond donors (Lipinski definition) is 0. The molecule has 3 rings (SSSR count). The highest BCUT2D eigenvalue weighted by molar-refractivity contribution is 5.84. The molecule has 0 N–H and O–H groups in total. The lowest BCUT2D eigenvalue weighted by Gasteiger charge is -2.27. The van der Waals surface area contributed by atoms with E-state index in [2.05, 4.69) is 6.58 Å². The highest BCUT2D eigenvalue weighted by Crippen LogP contribution is 2.52. The van der Waals surface area contributed by atoms with Crippen molar-refractivity contribution >= 4 is 11.7 Å². The summed E-state index contributed by atoms with van der Waals surface area (Å²) in [6.45, 7) is 3.50. The van der Waals surface area contributed by atoms with Gasteiger partial charge in [0.05, 0.1) is 11.8 Å². The largest absolute Gasteiger partial charge is 0.426 e. The average Bonchev–Trinajstić information content (AvgIpc) is 2.76. The van der Waals surface area contributed by atoms with Gasteiger partial charge < -0.3 is 4.74 Å². The second-order valence-corrected chi connectivity index (χ2v) is 5.38. The second kappa shape index (κ2) is 4.76. The molecule has 0 unspecified atom stereocenters. The zero-order valence-electron chi connectivity index (χ0n) is 11.1. The molecule has 0 spiro atoms. The van der Waals surface area contributed by atoms with Gasteiger partial charge in [-0.3, -0.25) is 4.79 Å². The maximum Gasteiger partial charge on any atom is 0.396 e. The van der Waals surface area contributed by atoms with Crippen molar-refractivity contribution in [3.63, 3.8) is 0 Å². The molecule has 1 heterocycles. The summed E-state index contributed by atoms with van der Waals surface area (Å²) in [5, 5.41) is 0. The number of fused-ring (bicyclic) bond motifs is 1. The van der Waals surface area contributed by atoms with E-state index in [1.165, 1.54) is 6.08 Å². The van der Waals surface area contributed by atoms with Gasteiger partial charge in [-0.15, -0.1) is 0 Å². The fourth-order valence-corrected chi connectivity index (χ4v) is 3.10. The van der Waals surface area contributed by atoms with E-state index < -0.39 is 29.9 Å². The molecule has 2 aliphatic rings. The maximum atomic E-state index is 13.2. The molecular formula is C16H13F3O2. The van der Waals surface area contributed by atoms with E-state index in [4.69, 9.17) is 4.74 Å². The van der Waals surface area contributed by atoms with Crippen LogP contribution in [0, 0.1) is 17.8 Å². The van der Waals surface area contributed by atoms with Crippen molar-refractivity contribution < 1.29 is 22.7 Å². The summed E-state index contributed by atoms with van der Waals surface area (Å²) >= 11 is 0. The van der Waals surface area contributed by atoms with Crippen molar-refractivity contribution in [2.24, 2.45) is 17.8 Å². The van der Waals surface area contributed by atoms with Crippen LogP contribution in [0.15, 0.2) is 48.6 Å². The summed E-state index contributed by atoms with van der Waals surface area (Å²) in [6, 6.07) is 8.67. The van der Waals surface area contributed by atoms with Gasteiger partial charge >= 0.3 is 12.1 Å². The molecule has 1 aliphatic carbocycles. The summed E-state index contributed by atoms with van der Waals surface area (Å²) in [4.78, 5) is 12.0. The Kier molecular flexibility index (Phi) is 3.15. The van der Waals surface area contributed by atoms with Crippen LogP contribution in [0.25, 0.3) is 5.76 Å². The van der Waals surface area contributed by atoms with Gasteiger partial charge in [-0.05, 0) is 12.5 Å². The smallest absolute Gasteiger partial charge is 0.396 e. The van der Waals surface area contributed by atoms with E-state index in [0.717, 1.165) is 0 Å². The summed E-state index contributed by atoms with van der Waals surface area (Å²) in [7, 11) is 0. The van der Waals surface area contributed by atoms with Crippen LogP contribution in [0.4, 0.5) is 13.2 Å². The van der Waals surface area contributed by atoms with Crippen LogP contribution in [0.2, 0.25) is 0 Å². The van der Waals surface area contributed by atoms with Crippen molar-refractivity contribution in [1.29, 1.82) is 0 Å². The third-order valence-corrected chi connectivity index (χ3v) is 4.04. The number of carbonyl (C=O) groups is 1. The van der Waals surface area contributed by atoms with Crippen LogP contribution < -0.4 is 0 Å². The third kappa shape index (κ3) is 2.37. The lowest BCUT2D eigenvalue weighted by molar-refractivity contribution is -0.173. The number of alkyl halides is 3. The molecule has 2 nitrogen and oxygen atoms in total. The van der Waals surface area contributed by atoms with Crippen molar-refractivity contribution in [3.05, 3.63) is 54.1 Å². The van der Waals surface area contributed by atoms with Gasteiger partial charge in [0.15, 0.2) is 0 Å². The lowest BCUT2D eigenvalue weighted by Crippen LogP contribution is -2.33. The van der Waals surface area contributed by atoms with Gasteiger partial charge in [-0.1, -0.05) is 42.5 Å². The SMILES string of the molecule is C=C1C[C@@H]2C(=O)OC(c3ccccc3)=C[C@H]2[C@H]1C(F)(F)F. The number of ether oxygens (including phenoxy) is 1. The van der Waals surface area contributed by atoms with Crippen LogP contribution >= 0.6 is 0 Å². The summed E-state index contributed by atoms with van der Waals surface area (Å²) in [5.41, 5.74) is 0.655. The van der Waals surface area contributed by atoms with Gasteiger partial charge in [0.25, 0.3) is 0 Å². The van der Waals surface area contributed by atoms with Gasteiger partial charge in [0.2, 0.25) is 0 Å². The standard InChI is InChI=1S/C16H13F3O2/c1-9-7-12-11(14(9)16(17,18)19)8-13(21-15(12)20)10-5-3-2-4-6-10/h2-6,8,11-12,14H,1,7H2/t11-,12+,14+/m1/s1. The molecule has 0 bridgehead atoms. The van der Waals surface area contributed by atoms with Crippen LogP contribution in [0.3, 0.4) is 0 Å². The molecule has 3 atom stereocenters. The molecule has 0 aromatic heterocycles. The highest BCUT2D eigenvalue weighted by Gasteiger charge is 2.56. The molecule has 0 saturated heterocycles. The fraction of sp³-hybridized carbons (Fsp3) is 0.312. The fourth-order valence-electron chi connectivity index (χ4n) is 3.10. The van der Waals surface area contributed by atoms with Crippen LogP contribution in [-0.2, 0) is 9.53 Å². The van der Waals surface area contributed by atoms with E-state index in [1.54, 1.807) is 30.3 Å². The Morgan fingerprint density at radius 1 is 1.19 bits per heavy atom. The second-order valence-electron chi connectivity index (χ2n) is 5.38. The average molecular weight is 294 g/mol. The van der Waals surface area contributed by atoms with E-state index in [-0.39, 0.29) is 17.8 Å². The number of halogens is 3. The molecular weight excluding hydrogens is 281 g/mol. The van der Waals surface area contributed by atoms with Crippen molar-refractivity contribution in [3.8, 4) is 0 Å². The van der Waals surface area contributed by atoms with Crippen molar-refractivity contribution in [2.45, 2.75) is 12.6 Å². The maximum absolute atomic E-state index is 13.2. The van der Waals surface area contributed by atoms with Crippen molar-refractivity contribution in [2.75, 3.05) is 0 Å². The van der Waals surface area contributed by atoms with E-state index in [9.17, 15) is 18.0 Å². The predicted octanol–water partition coefficient (Wildman–Crippen LogP) is 3.96. The quantitative estimate of drug-likeness (QED) is 0.579. The first-order valence-corrected chi connectivity index (χ1v) is 6.61. The van der Waals surface area contributed by atoms with Gasteiger partial charge in [-0.25, -0.2) is 0 Å². The number of hydrogen-bond acceptors (Lipinski definition) is 2.